The predicted molar refractivity (Wildman–Crippen MR) is 74.7 cm³/mol. The first-order chi connectivity index (χ1) is 9.16. The van der Waals surface area contributed by atoms with E-state index < -0.39 is 0 Å². The van der Waals surface area contributed by atoms with E-state index in [1.807, 2.05) is 13.0 Å². The molecule has 3 rings (SSSR count). The second kappa shape index (κ2) is 4.59. The first-order valence-electron chi connectivity index (χ1n) is 5.83. The lowest BCUT2D eigenvalue weighted by Gasteiger charge is -2.08. The number of pyridine rings is 2. The summed E-state index contributed by atoms with van der Waals surface area (Å²) < 4.78 is 13.9. The number of benzene rings is 1. The summed E-state index contributed by atoms with van der Waals surface area (Å²) in [6.07, 6.45) is 1.68. The van der Waals surface area contributed by atoms with Gasteiger partial charge in [0.15, 0.2) is 0 Å². The Kier molecular flexibility index (Phi) is 2.91. The van der Waals surface area contributed by atoms with Crippen molar-refractivity contribution < 1.29 is 4.39 Å². The smallest absolute Gasteiger partial charge is 0.137 e. The third-order valence-electron chi connectivity index (χ3n) is 3.06. The van der Waals surface area contributed by atoms with Crippen molar-refractivity contribution in [1.82, 2.24) is 9.97 Å². The molecule has 0 fully saturated rings. The van der Waals surface area contributed by atoms with Crippen molar-refractivity contribution in [2.75, 3.05) is 0 Å². The number of hydrogen-bond donors (Lipinski definition) is 0. The maximum absolute atomic E-state index is 13.9. The van der Waals surface area contributed by atoms with Crippen molar-refractivity contribution in [2.45, 2.75) is 6.92 Å². The van der Waals surface area contributed by atoms with Gasteiger partial charge in [-0.05, 0) is 25.1 Å². The van der Waals surface area contributed by atoms with E-state index in [0.29, 0.717) is 16.3 Å². The van der Waals surface area contributed by atoms with E-state index in [0.717, 1.165) is 16.6 Å². The normalized spacial score (nSPS) is 10.9. The average Bonchev–Trinajstić information content (AvgIpc) is 2.39. The molecule has 3 aromatic rings. The molecule has 19 heavy (non-hydrogen) atoms. The van der Waals surface area contributed by atoms with Gasteiger partial charge >= 0.3 is 0 Å². The highest BCUT2D eigenvalue weighted by atomic mass is 35.5. The van der Waals surface area contributed by atoms with Gasteiger partial charge in [-0.15, -0.1) is 0 Å². The van der Waals surface area contributed by atoms with Gasteiger partial charge in [-0.1, -0.05) is 29.8 Å². The van der Waals surface area contributed by atoms with Crippen molar-refractivity contribution in [1.29, 1.82) is 0 Å². The molecule has 0 amide bonds. The molecular weight excluding hydrogens is 263 g/mol. The van der Waals surface area contributed by atoms with Crippen LogP contribution in [0.1, 0.15) is 5.69 Å². The van der Waals surface area contributed by atoms with Crippen LogP contribution in [-0.2, 0) is 0 Å². The molecule has 0 radical (unpaired) electrons. The van der Waals surface area contributed by atoms with Crippen LogP contribution in [0.4, 0.5) is 4.39 Å². The number of aromatic nitrogens is 2. The first kappa shape index (κ1) is 12.1. The van der Waals surface area contributed by atoms with E-state index in [4.69, 9.17) is 11.6 Å². The molecule has 1 aromatic carbocycles. The predicted octanol–water partition coefficient (Wildman–Crippen LogP) is 4.40. The minimum Gasteiger partial charge on any atom is -0.261 e. The quantitative estimate of drug-likeness (QED) is 0.614. The van der Waals surface area contributed by atoms with Gasteiger partial charge < -0.3 is 0 Å². The molecule has 0 atom stereocenters. The van der Waals surface area contributed by atoms with Crippen molar-refractivity contribution in [3.05, 3.63) is 59.3 Å². The molecule has 94 valence electrons. The van der Waals surface area contributed by atoms with Gasteiger partial charge in [0.05, 0.1) is 5.52 Å². The van der Waals surface area contributed by atoms with Crippen LogP contribution in [0.3, 0.4) is 0 Å². The van der Waals surface area contributed by atoms with E-state index in [-0.39, 0.29) is 5.82 Å². The maximum atomic E-state index is 13.9. The van der Waals surface area contributed by atoms with Gasteiger partial charge in [0.2, 0.25) is 0 Å². The summed E-state index contributed by atoms with van der Waals surface area (Å²) >= 11 is 6.16. The third kappa shape index (κ3) is 2.06. The van der Waals surface area contributed by atoms with Gasteiger partial charge in [0.25, 0.3) is 0 Å². The Morgan fingerprint density at radius 2 is 1.89 bits per heavy atom. The molecule has 2 aromatic heterocycles. The topological polar surface area (TPSA) is 25.8 Å². The van der Waals surface area contributed by atoms with Crippen LogP contribution in [0.25, 0.3) is 22.0 Å². The van der Waals surface area contributed by atoms with Crippen molar-refractivity contribution >= 4 is 22.5 Å². The fourth-order valence-electron chi connectivity index (χ4n) is 2.08. The Bertz CT molecular complexity index is 771. The van der Waals surface area contributed by atoms with E-state index in [1.54, 1.807) is 30.5 Å². The molecule has 0 bridgehead atoms. The molecule has 0 N–H and O–H groups in total. The summed E-state index contributed by atoms with van der Waals surface area (Å²) in [7, 11) is 0. The number of fused-ring (bicyclic) bond motifs is 1. The number of nitrogens with zero attached hydrogens (tertiary/aromatic N) is 2. The van der Waals surface area contributed by atoms with Crippen LogP contribution < -0.4 is 0 Å². The molecule has 0 aliphatic rings. The fourth-order valence-corrected chi connectivity index (χ4v) is 2.33. The summed E-state index contributed by atoms with van der Waals surface area (Å²) in [6.45, 7) is 1.89. The third-order valence-corrected chi connectivity index (χ3v) is 3.35. The Labute approximate surface area is 114 Å². The average molecular weight is 273 g/mol. The number of rotatable bonds is 1. The van der Waals surface area contributed by atoms with Crippen LogP contribution in [0.2, 0.25) is 5.15 Å². The van der Waals surface area contributed by atoms with Crippen LogP contribution >= 0.6 is 11.6 Å². The zero-order valence-electron chi connectivity index (χ0n) is 10.2. The summed E-state index contributed by atoms with van der Waals surface area (Å²) in [5.74, 6) is -0.313. The van der Waals surface area contributed by atoms with E-state index in [9.17, 15) is 4.39 Å². The van der Waals surface area contributed by atoms with E-state index >= 15 is 0 Å². The molecule has 0 unspecified atom stereocenters. The second-order valence-corrected chi connectivity index (χ2v) is 4.63. The standard InChI is InChI=1S/C15H10ClFN2/c1-9-11-8-12(10-4-2-3-5-13(10)17)15(16)19-14(11)6-7-18-9/h2-8H,1H3. The van der Waals surface area contributed by atoms with E-state index in [2.05, 4.69) is 9.97 Å². The summed E-state index contributed by atoms with van der Waals surface area (Å²) in [6, 6.07) is 10.1. The molecular formula is C15H10ClFN2. The highest BCUT2D eigenvalue weighted by Gasteiger charge is 2.12. The highest BCUT2D eigenvalue weighted by molar-refractivity contribution is 6.32. The lowest BCUT2D eigenvalue weighted by Crippen LogP contribution is -1.91. The maximum Gasteiger partial charge on any atom is 0.137 e. The van der Waals surface area contributed by atoms with Gasteiger partial charge in [0.1, 0.15) is 11.0 Å². The summed E-state index contributed by atoms with van der Waals surface area (Å²) in [5.41, 5.74) is 2.64. The van der Waals surface area contributed by atoms with Gasteiger partial charge in [0, 0.05) is 28.4 Å². The van der Waals surface area contributed by atoms with Crippen LogP contribution in [0, 0.1) is 12.7 Å². The monoisotopic (exact) mass is 272 g/mol. The van der Waals surface area contributed by atoms with Gasteiger partial charge in [-0.25, -0.2) is 9.37 Å². The largest absolute Gasteiger partial charge is 0.261 e. The Morgan fingerprint density at radius 3 is 2.68 bits per heavy atom. The van der Waals surface area contributed by atoms with Crippen molar-refractivity contribution in [2.24, 2.45) is 0 Å². The van der Waals surface area contributed by atoms with Crippen LogP contribution in [0.15, 0.2) is 42.6 Å². The Balaban J connectivity index is 2.33. The molecule has 0 saturated heterocycles. The molecule has 2 nitrogen and oxygen atoms in total. The second-order valence-electron chi connectivity index (χ2n) is 4.27. The van der Waals surface area contributed by atoms with E-state index in [1.165, 1.54) is 6.07 Å². The summed E-state index contributed by atoms with van der Waals surface area (Å²) in [5, 5.41) is 1.17. The molecule has 0 aliphatic carbocycles. The molecule has 0 saturated carbocycles. The van der Waals surface area contributed by atoms with Gasteiger partial charge in [-0.2, -0.15) is 0 Å². The van der Waals surface area contributed by atoms with Crippen LogP contribution in [-0.4, -0.2) is 9.97 Å². The van der Waals surface area contributed by atoms with Crippen molar-refractivity contribution in [3.8, 4) is 11.1 Å². The van der Waals surface area contributed by atoms with Crippen molar-refractivity contribution in [3.63, 3.8) is 0 Å². The zero-order valence-corrected chi connectivity index (χ0v) is 10.9. The minimum absolute atomic E-state index is 0.295. The molecule has 4 heteroatoms. The lowest BCUT2D eigenvalue weighted by molar-refractivity contribution is 0.631. The number of hydrogen-bond acceptors (Lipinski definition) is 2. The Hall–Kier alpha value is -2.00. The van der Waals surface area contributed by atoms with Gasteiger partial charge in [-0.3, -0.25) is 4.98 Å². The number of halogens is 2. The van der Waals surface area contributed by atoms with Crippen LogP contribution in [0.5, 0.6) is 0 Å². The SMILES string of the molecule is Cc1nccc2nc(Cl)c(-c3ccccc3F)cc12. The highest BCUT2D eigenvalue weighted by Crippen LogP contribution is 2.31. The lowest BCUT2D eigenvalue weighted by atomic mass is 10.0. The molecule has 0 aliphatic heterocycles. The molecule has 0 spiro atoms. The number of aryl methyl sites for hydroxylation is 1. The fraction of sp³-hybridized carbons (Fsp3) is 0.0667. The first-order valence-corrected chi connectivity index (χ1v) is 6.21. The summed E-state index contributed by atoms with van der Waals surface area (Å²) in [4.78, 5) is 8.53. The Morgan fingerprint density at radius 1 is 1.11 bits per heavy atom. The molecule has 2 heterocycles. The minimum atomic E-state index is -0.313. The zero-order chi connectivity index (χ0) is 13.4.